The summed E-state index contributed by atoms with van der Waals surface area (Å²) in [6.45, 7) is 5.44. The molecule has 3 amide bonds. The van der Waals surface area contributed by atoms with Gasteiger partial charge in [-0.1, -0.05) is 18.2 Å². The number of esters is 1. The number of fused-ring (bicyclic) bond motifs is 1. The third kappa shape index (κ3) is 5.49. The standard InChI is InChI=1S/C24H26N2O7/c1-24(2,3)33-23(30)25-19-17(22(29)31-4)11-7-12-18(19)32-14-8-13-26-20(27)15-9-5-6-10-16(15)21(26)28/h5-7,9-12H,8,13-14H2,1-4H3,(H,25,30). The number of rotatable bonds is 7. The number of para-hydroxylation sites is 1. The molecule has 1 aliphatic heterocycles. The molecule has 0 unspecified atom stereocenters. The molecule has 0 atom stereocenters. The molecular weight excluding hydrogens is 428 g/mol. The van der Waals surface area contributed by atoms with Gasteiger partial charge in [-0.05, 0) is 51.5 Å². The van der Waals surface area contributed by atoms with E-state index in [1.54, 1.807) is 57.2 Å². The lowest BCUT2D eigenvalue weighted by molar-refractivity contribution is 0.0596. The number of nitrogens with zero attached hydrogens (tertiary/aromatic N) is 1. The Hall–Kier alpha value is -3.88. The van der Waals surface area contributed by atoms with Crippen molar-refractivity contribution in [3.63, 3.8) is 0 Å². The SMILES string of the molecule is COC(=O)c1cccc(OCCCN2C(=O)c3ccccc3C2=O)c1NC(=O)OC(C)(C)C. The Labute approximate surface area is 191 Å². The van der Waals surface area contributed by atoms with E-state index < -0.39 is 17.7 Å². The fourth-order valence-electron chi connectivity index (χ4n) is 3.31. The zero-order valence-corrected chi connectivity index (χ0v) is 19.0. The maximum absolute atomic E-state index is 12.5. The van der Waals surface area contributed by atoms with Crippen molar-refractivity contribution < 1.29 is 33.4 Å². The van der Waals surface area contributed by atoms with Gasteiger partial charge in [0.25, 0.3) is 11.8 Å². The second-order valence-electron chi connectivity index (χ2n) is 8.31. The molecule has 1 heterocycles. The predicted octanol–water partition coefficient (Wildman–Crippen LogP) is 3.89. The van der Waals surface area contributed by atoms with Gasteiger partial charge >= 0.3 is 12.1 Å². The van der Waals surface area contributed by atoms with E-state index >= 15 is 0 Å². The highest BCUT2D eigenvalue weighted by molar-refractivity contribution is 6.21. The van der Waals surface area contributed by atoms with Crippen molar-refractivity contribution in [1.29, 1.82) is 0 Å². The van der Waals surface area contributed by atoms with E-state index in [0.717, 1.165) is 0 Å². The Bertz CT molecular complexity index is 1050. The first-order valence-electron chi connectivity index (χ1n) is 10.4. The molecule has 0 aromatic heterocycles. The number of methoxy groups -OCH3 is 1. The summed E-state index contributed by atoms with van der Waals surface area (Å²) in [5.74, 6) is -1.10. The third-order valence-electron chi connectivity index (χ3n) is 4.72. The number of imide groups is 1. The zero-order valence-electron chi connectivity index (χ0n) is 19.0. The molecule has 0 bridgehead atoms. The van der Waals surface area contributed by atoms with Crippen molar-refractivity contribution in [2.45, 2.75) is 32.8 Å². The maximum atomic E-state index is 12.5. The molecule has 2 aromatic rings. The molecule has 33 heavy (non-hydrogen) atoms. The van der Waals surface area contributed by atoms with Gasteiger partial charge in [0.2, 0.25) is 0 Å². The van der Waals surface area contributed by atoms with Crippen LogP contribution >= 0.6 is 0 Å². The van der Waals surface area contributed by atoms with E-state index in [-0.39, 0.29) is 42.0 Å². The highest BCUT2D eigenvalue weighted by atomic mass is 16.6. The largest absolute Gasteiger partial charge is 0.491 e. The number of benzene rings is 2. The second-order valence-corrected chi connectivity index (χ2v) is 8.31. The smallest absolute Gasteiger partial charge is 0.412 e. The number of hydrogen-bond acceptors (Lipinski definition) is 7. The predicted molar refractivity (Wildman–Crippen MR) is 120 cm³/mol. The van der Waals surface area contributed by atoms with Crippen molar-refractivity contribution in [3.05, 3.63) is 59.2 Å². The minimum atomic E-state index is -0.755. The van der Waals surface area contributed by atoms with E-state index in [9.17, 15) is 19.2 Å². The van der Waals surface area contributed by atoms with Crippen molar-refractivity contribution in [1.82, 2.24) is 4.90 Å². The van der Waals surface area contributed by atoms with E-state index in [1.807, 2.05) is 0 Å². The number of ether oxygens (including phenoxy) is 3. The van der Waals surface area contributed by atoms with Gasteiger partial charge in [-0.3, -0.25) is 19.8 Å². The van der Waals surface area contributed by atoms with Gasteiger partial charge in [-0.2, -0.15) is 0 Å². The number of amides is 3. The number of carbonyl (C=O) groups excluding carboxylic acids is 4. The van der Waals surface area contributed by atoms with Crippen LogP contribution in [0.25, 0.3) is 0 Å². The van der Waals surface area contributed by atoms with Crippen LogP contribution in [-0.4, -0.2) is 54.6 Å². The Morgan fingerprint density at radius 1 is 0.970 bits per heavy atom. The molecule has 9 heteroatoms. The topological polar surface area (TPSA) is 111 Å². The molecule has 0 saturated carbocycles. The Balaban J connectivity index is 1.68. The third-order valence-corrected chi connectivity index (χ3v) is 4.72. The van der Waals surface area contributed by atoms with Crippen LogP contribution in [0.1, 0.15) is 58.3 Å². The van der Waals surface area contributed by atoms with Crippen LogP contribution in [0, 0.1) is 0 Å². The van der Waals surface area contributed by atoms with E-state index in [1.165, 1.54) is 18.1 Å². The van der Waals surface area contributed by atoms with E-state index in [4.69, 9.17) is 14.2 Å². The summed E-state index contributed by atoms with van der Waals surface area (Å²) in [4.78, 5) is 50.6. The first kappa shape index (κ1) is 23.8. The lowest BCUT2D eigenvalue weighted by Crippen LogP contribution is -2.31. The van der Waals surface area contributed by atoms with Crippen molar-refractivity contribution in [2.75, 3.05) is 25.6 Å². The first-order valence-corrected chi connectivity index (χ1v) is 10.4. The molecule has 1 aliphatic rings. The molecule has 1 N–H and O–H groups in total. The highest BCUT2D eigenvalue weighted by Crippen LogP contribution is 2.30. The molecule has 9 nitrogen and oxygen atoms in total. The number of hydrogen-bond donors (Lipinski definition) is 1. The summed E-state index contributed by atoms with van der Waals surface area (Å²) in [7, 11) is 1.23. The Morgan fingerprint density at radius 3 is 2.18 bits per heavy atom. The lowest BCUT2D eigenvalue weighted by atomic mass is 10.1. The maximum Gasteiger partial charge on any atom is 0.412 e. The summed E-state index contributed by atoms with van der Waals surface area (Å²) in [6.07, 6.45) is -0.408. The van der Waals surface area contributed by atoms with Crippen LogP contribution < -0.4 is 10.1 Å². The van der Waals surface area contributed by atoms with Crippen LogP contribution in [0.5, 0.6) is 5.75 Å². The average molecular weight is 454 g/mol. The summed E-state index contributed by atoms with van der Waals surface area (Å²) in [6, 6.07) is 11.3. The van der Waals surface area contributed by atoms with Gasteiger partial charge in [-0.25, -0.2) is 9.59 Å². The quantitative estimate of drug-likeness (QED) is 0.384. The van der Waals surface area contributed by atoms with Gasteiger partial charge < -0.3 is 14.2 Å². The summed E-state index contributed by atoms with van der Waals surface area (Å²) < 4.78 is 15.9. The molecule has 0 aliphatic carbocycles. The van der Waals surface area contributed by atoms with Crippen LogP contribution in [0.2, 0.25) is 0 Å². The van der Waals surface area contributed by atoms with Gasteiger partial charge in [0.15, 0.2) is 0 Å². The molecule has 174 valence electrons. The van der Waals surface area contributed by atoms with Crippen molar-refractivity contribution >= 4 is 29.6 Å². The lowest BCUT2D eigenvalue weighted by Gasteiger charge is -2.21. The van der Waals surface area contributed by atoms with Crippen LogP contribution in [0.15, 0.2) is 42.5 Å². The van der Waals surface area contributed by atoms with E-state index in [2.05, 4.69) is 5.32 Å². The molecule has 0 spiro atoms. The normalized spacial score (nSPS) is 12.9. The number of nitrogens with one attached hydrogen (secondary N) is 1. The monoisotopic (exact) mass is 454 g/mol. The van der Waals surface area contributed by atoms with Crippen LogP contribution in [0.4, 0.5) is 10.5 Å². The molecule has 0 saturated heterocycles. The van der Waals surface area contributed by atoms with Crippen molar-refractivity contribution in [2.24, 2.45) is 0 Å². The Kier molecular flexibility index (Phi) is 7.01. The molecule has 0 fully saturated rings. The van der Waals surface area contributed by atoms with Crippen LogP contribution in [-0.2, 0) is 9.47 Å². The summed E-state index contributed by atoms with van der Waals surface area (Å²) in [5, 5.41) is 2.55. The van der Waals surface area contributed by atoms with Gasteiger partial charge in [0.1, 0.15) is 17.0 Å². The summed E-state index contributed by atoms with van der Waals surface area (Å²) >= 11 is 0. The second kappa shape index (κ2) is 9.72. The molecular formula is C24H26N2O7. The minimum absolute atomic E-state index is 0.0983. The highest BCUT2D eigenvalue weighted by Gasteiger charge is 2.34. The molecule has 2 aromatic carbocycles. The minimum Gasteiger partial charge on any atom is -0.491 e. The van der Waals surface area contributed by atoms with E-state index in [0.29, 0.717) is 17.5 Å². The van der Waals surface area contributed by atoms with Gasteiger partial charge in [0, 0.05) is 6.54 Å². The fraction of sp³-hybridized carbons (Fsp3) is 0.333. The number of anilines is 1. The van der Waals surface area contributed by atoms with Gasteiger partial charge in [0.05, 0.1) is 30.4 Å². The molecule has 0 radical (unpaired) electrons. The fourth-order valence-corrected chi connectivity index (χ4v) is 3.31. The van der Waals surface area contributed by atoms with Gasteiger partial charge in [-0.15, -0.1) is 0 Å². The number of carbonyl (C=O) groups is 4. The molecule has 3 rings (SSSR count). The average Bonchev–Trinajstić information content (AvgIpc) is 3.00. The van der Waals surface area contributed by atoms with Crippen molar-refractivity contribution in [3.8, 4) is 5.75 Å². The first-order chi connectivity index (χ1) is 15.6. The van der Waals surface area contributed by atoms with Crippen LogP contribution in [0.3, 0.4) is 0 Å². The zero-order chi connectivity index (χ0) is 24.2. The Morgan fingerprint density at radius 2 is 1.61 bits per heavy atom. The summed E-state index contributed by atoms with van der Waals surface area (Å²) in [5.41, 5.74) is 0.245.